The number of nitrogens with zero attached hydrogens (tertiary/aromatic N) is 2. The molecule has 0 saturated carbocycles. The predicted octanol–water partition coefficient (Wildman–Crippen LogP) is 2.08. The summed E-state index contributed by atoms with van der Waals surface area (Å²) in [5, 5.41) is 3.64. The molecule has 4 heteroatoms. The van der Waals surface area contributed by atoms with Gasteiger partial charge in [-0.2, -0.15) is 0 Å². The van der Waals surface area contributed by atoms with Crippen molar-refractivity contribution in [2.75, 3.05) is 6.54 Å². The van der Waals surface area contributed by atoms with Crippen LogP contribution in [-0.4, -0.2) is 22.4 Å². The monoisotopic (exact) mass is 229 g/mol. The van der Waals surface area contributed by atoms with Gasteiger partial charge in [0.05, 0.1) is 5.52 Å². The number of hydrogen-bond donors (Lipinski definition) is 1. The molecule has 0 aliphatic rings. The number of nitrogens with one attached hydrogen (secondary N) is 1. The maximum atomic E-state index is 12.0. The van der Waals surface area contributed by atoms with Crippen LogP contribution in [0.25, 0.3) is 10.9 Å². The quantitative estimate of drug-likeness (QED) is 0.876. The lowest BCUT2D eigenvalue weighted by Gasteiger charge is -2.07. The highest BCUT2D eigenvalue weighted by Gasteiger charge is 2.12. The highest BCUT2D eigenvalue weighted by Crippen LogP contribution is 2.15. The fraction of sp³-hybridized carbons (Fsp3) is 0.308. The summed E-state index contributed by atoms with van der Waals surface area (Å²) < 4.78 is 0. The lowest BCUT2D eigenvalue weighted by molar-refractivity contribution is 0.0950. The number of hydrogen-bond acceptors (Lipinski definition) is 3. The Morgan fingerprint density at radius 2 is 2.06 bits per heavy atom. The smallest absolute Gasteiger partial charge is 0.270 e. The summed E-state index contributed by atoms with van der Waals surface area (Å²) in [6, 6.07) is 7.55. The molecule has 1 amide bonds. The first-order valence-electron chi connectivity index (χ1n) is 5.74. The predicted molar refractivity (Wildman–Crippen MR) is 66.9 cm³/mol. The minimum absolute atomic E-state index is 0.131. The number of carbonyl (C=O) groups excluding carboxylic acids is 1. The second kappa shape index (κ2) is 4.91. The van der Waals surface area contributed by atoms with E-state index in [2.05, 4.69) is 15.3 Å². The second-order valence-corrected chi connectivity index (χ2v) is 3.89. The van der Waals surface area contributed by atoms with Crippen LogP contribution >= 0.6 is 0 Å². The van der Waals surface area contributed by atoms with Crippen LogP contribution < -0.4 is 5.32 Å². The molecular formula is C13H15N3O. The van der Waals surface area contributed by atoms with Crippen molar-refractivity contribution in [1.82, 2.24) is 15.3 Å². The fourth-order valence-electron chi connectivity index (χ4n) is 1.69. The van der Waals surface area contributed by atoms with E-state index < -0.39 is 0 Å². The third-order valence-corrected chi connectivity index (χ3v) is 2.47. The average Bonchev–Trinajstić information content (AvgIpc) is 2.34. The zero-order valence-corrected chi connectivity index (χ0v) is 10.0. The van der Waals surface area contributed by atoms with Crippen LogP contribution in [0.4, 0.5) is 0 Å². The molecule has 1 heterocycles. The Morgan fingerprint density at radius 3 is 2.82 bits per heavy atom. The van der Waals surface area contributed by atoms with Gasteiger partial charge >= 0.3 is 0 Å². The van der Waals surface area contributed by atoms with Crippen molar-refractivity contribution in [3.05, 3.63) is 35.8 Å². The van der Waals surface area contributed by atoms with Crippen molar-refractivity contribution in [2.24, 2.45) is 0 Å². The number of aryl methyl sites for hydroxylation is 1. The first-order valence-corrected chi connectivity index (χ1v) is 5.74. The van der Waals surface area contributed by atoms with E-state index in [1.165, 1.54) is 0 Å². The molecule has 17 heavy (non-hydrogen) atoms. The number of benzene rings is 1. The lowest BCUT2D eigenvalue weighted by Crippen LogP contribution is -2.25. The average molecular weight is 229 g/mol. The van der Waals surface area contributed by atoms with Crippen LogP contribution in [0.5, 0.6) is 0 Å². The fourth-order valence-corrected chi connectivity index (χ4v) is 1.69. The Kier molecular flexibility index (Phi) is 3.32. The van der Waals surface area contributed by atoms with Crippen LogP contribution in [0.3, 0.4) is 0 Å². The van der Waals surface area contributed by atoms with Crippen molar-refractivity contribution in [3.8, 4) is 0 Å². The van der Waals surface area contributed by atoms with Gasteiger partial charge in [0.1, 0.15) is 11.5 Å². The summed E-state index contributed by atoms with van der Waals surface area (Å²) in [5.74, 6) is 0.485. The van der Waals surface area contributed by atoms with Crippen molar-refractivity contribution in [2.45, 2.75) is 20.3 Å². The van der Waals surface area contributed by atoms with E-state index in [1.807, 2.05) is 31.2 Å². The number of aromatic nitrogens is 2. The molecular weight excluding hydrogens is 214 g/mol. The first-order chi connectivity index (χ1) is 8.22. The lowest BCUT2D eigenvalue weighted by atomic mass is 10.1. The van der Waals surface area contributed by atoms with E-state index in [9.17, 15) is 4.79 Å². The molecule has 0 atom stereocenters. The molecule has 0 bridgehead atoms. The topological polar surface area (TPSA) is 54.9 Å². The molecule has 1 aromatic heterocycles. The Morgan fingerprint density at radius 1 is 1.29 bits per heavy atom. The number of rotatable bonds is 3. The van der Waals surface area contributed by atoms with Crippen molar-refractivity contribution < 1.29 is 4.79 Å². The van der Waals surface area contributed by atoms with Crippen molar-refractivity contribution in [3.63, 3.8) is 0 Å². The number of amides is 1. The Balaban J connectivity index is 2.48. The van der Waals surface area contributed by atoms with Crippen LogP contribution in [-0.2, 0) is 0 Å². The van der Waals surface area contributed by atoms with Gasteiger partial charge < -0.3 is 5.32 Å². The number of carbonyl (C=O) groups is 1. The highest BCUT2D eigenvalue weighted by molar-refractivity contribution is 6.04. The van der Waals surface area contributed by atoms with Crippen LogP contribution in [0.1, 0.15) is 29.7 Å². The maximum absolute atomic E-state index is 12.0. The number of fused-ring (bicyclic) bond motifs is 1. The third kappa shape index (κ3) is 2.41. The van der Waals surface area contributed by atoms with Gasteiger partial charge in [-0.1, -0.05) is 25.1 Å². The maximum Gasteiger partial charge on any atom is 0.270 e. The van der Waals surface area contributed by atoms with E-state index in [4.69, 9.17) is 0 Å². The van der Waals surface area contributed by atoms with E-state index in [0.29, 0.717) is 18.1 Å². The third-order valence-electron chi connectivity index (χ3n) is 2.47. The Labute approximate surface area is 100 Å². The number of para-hydroxylation sites is 1. The molecule has 88 valence electrons. The standard InChI is InChI=1S/C13H15N3O/c1-3-8-14-13(17)12-10-6-4-5-7-11(10)15-9(2)16-12/h4-7H,3,8H2,1-2H3,(H,14,17). The normalized spacial score (nSPS) is 10.5. The zero-order chi connectivity index (χ0) is 12.3. The van der Waals surface area contributed by atoms with Gasteiger partial charge in [0.15, 0.2) is 0 Å². The minimum atomic E-state index is -0.131. The van der Waals surface area contributed by atoms with Gasteiger partial charge in [-0.15, -0.1) is 0 Å². The van der Waals surface area contributed by atoms with Crippen LogP contribution in [0.2, 0.25) is 0 Å². The van der Waals surface area contributed by atoms with Crippen molar-refractivity contribution >= 4 is 16.8 Å². The molecule has 0 saturated heterocycles. The summed E-state index contributed by atoms with van der Waals surface area (Å²) in [7, 11) is 0. The summed E-state index contributed by atoms with van der Waals surface area (Å²) >= 11 is 0. The molecule has 0 spiro atoms. The summed E-state index contributed by atoms with van der Waals surface area (Å²) in [6.45, 7) is 4.48. The van der Waals surface area contributed by atoms with Crippen LogP contribution in [0.15, 0.2) is 24.3 Å². The summed E-state index contributed by atoms with van der Waals surface area (Å²) in [4.78, 5) is 20.5. The van der Waals surface area contributed by atoms with Gasteiger partial charge in [-0.05, 0) is 19.4 Å². The molecule has 0 aliphatic heterocycles. The molecule has 0 radical (unpaired) electrons. The van der Waals surface area contributed by atoms with Gasteiger partial charge in [0.25, 0.3) is 5.91 Å². The minimum Gasteiger partial charge on any atom is -0.351 e. The van der Waals surface area contributed by atoms with E-state index in [0.717, 1.165) is 17.3 Å². The largest absolute Gasteiger partial charge is 0.351 e. The molecule has 2 aromatic rings. The van der Waals surface area contributed by atoms with Crippen LogP contribution in [0, 0.1) is 6.92 Å². The highest BCUT2D eigenvalue weighted by atomic mass is 16.1. The SMILES string of the molecule is CCCNC(=O)c1nc(C)nc2ccccc12. The molecule has 0 fully saturated rings. The molecule has 0 aliphatic carbocycles. The van der Waals surface area contributed by atoms with E-state index in [1.54, 1.807) is 6.92 Å². The van der Waals surface area contributed by atoms with E-state index in [-0.39, 0.29) is 5.91 Å². The first kappa shape index (κ1) is 11.5. The van der Waals surface area contributed by atoms with Gasteiger partial charge in [-0.3, -0.25) is 4.79 Å². The molecule has 0 unspecified atom stereocenters. The summed E-state index contributed by atoms with van der Waals surface area (Å²) in [5.41, 5.74) is 1.27. The van der Waals surface area contributed by atoms with Gasteiger partial charge in [0, 0.05) is 11.9 Å². The van der Waals surface area contributed by atoms with Gasteiger partial charge in [-0.25, -0.2) is 9.97 Å². The Hall–Kier alpha value is -1.97. The summed E-state index contributed by atoms with van der Waals surface area (Å²) in [6.07, 6.45) is 0.910. The molecule has 2 rings (SSSR count). The molecule has 1 aromatic carbocycles. The van der Waals surface area contributed by atoms with Gasteiger partial charge in [0.2, 0.25) is 0 Å². The molecule has 1 N–H and O–H groups in total. The Bertz CT molecular complexity index is 551. The second-order valence-electron chi connectivity index (χ2n) is 3.89. The van der Waals surface area contributed by atoms with Crippen molar-refractivity contribution in [1.29, 1.82) is 0 Å². The zero-order valence-electron chi connectivity index (χ0n) is 10.0. The van der Waals surface area contributed by atoms with E-state index >= 15 is 0 Å². The molecule has 4 nitrogen and oxygen atoms in total.